The van der Waals surface area contributed by atoms with Gasteiger partial charge in [-0.25, -0.2) is 9.18 Å². The number of halogens is 1. The quantitative estimate of drug-likeness (QED) is 0.794. The van der Waals surface area contributed by atoms with E-state index in [-0.39, 0.29) is 18.2 Å². The van der Waals surface area contributed by atoms with Gasteiger partial charge in [-0.15, -0.1) is 0 Å². The first-order chi connectivity index (χ1) is 7.99. The van der Waals surface area contributed by atoms with Gasteiger partial charge in [0.1, 0.15) is 11.6 Å². The molecule has 1 heterocycles. The molecule has 5 nitrogen and oxygen atoms in total. The Morgan fingerprint density at radius 3 is 2.82 bits per heavy atom. The van der Waals surface area contributed by atoms with Crippen LogP contribution in [0.2, 0.25) is 0 Å². The molecule has 6 heteroatoms. The van der Waals surface area contributed by atoms with Gasteiger partial charge in [0, 0.05) is 13.0 Å². The normalized spacial score (nSPS) is 18.2. The summed E-state index contributed by atoms with van der Waals surface area (Å²) in [7, 11) is 0. The van der Waals surface area contributed by atoms with Crippen LogP contribution >= 0.6 is 0 Å². The Morgan fingerprint density at radius 1 is 1.53 bits per heavy atom. The number of fused-ring (bicyclic) bond motifs is 1. The number of carbonyl (C=O) groups is 2. The summed E-state index contributed by atoms with van der Waals surface area (Å²) in [6.07, 6.45) is -1.17. The molecule has 1 aliphatic rings. The van der Waals surface area contributed by atoms with E-state index in [0.29, 0.717) is 5.69 Å². The second-order valence-corrected chi connectivity index (χ2v) is 3.69. The van der Waals surface area contributed by atoms with Crippen LogP contribution in [-0.4, -0.2) is 29.6 Å². The van der Waals surface area contributed by atoms with Gasteiger partial charge in [0.25, 0.3) is 0 Å². The largest absolute Gasteiger partial charge is 0.478 e. The average Bonchev–Trinajstić information content (AvgIpc) is 2.26. The standard InChI is InChI=1S/C11H10FNO4/c1-6(14)13-5-10(11(15)16)17-9-4-7(12)2-3-8(9)13/h2-4,10H,5H2,1H3,(H,15,16). The van der Waals surface area contributed by atoms with Crippen LogP contribution in [0.25, 0.3) is 0 Å². The van der Waals surface area contributed by atoms with E-state index >= 15 is 0 Å². The number of benzene rings is 1. The number of ether oxygens (including phenoxy) is 1. The Morgan fingerprint density at radius 2 is 2.24 bits per heavy atom. The lowest BCUT2D eigenvalue weighted by molar-refractivity contribution is -0.145. The highest BCUT2D eigenvalue weighted by Crippen LogP contribution is 2.34. The van der Waals surface area contributed by atoms with E-state index in [0.717, 1.165) is 6.07 Å². The summed E-state index contributed by atoms with van der Waals surface area (Å²) < 4.78 is 18.1. The number of carbonyl (C=O) groups excluding carboxylic acids is 1. The van der Waals surface area contributed by atoms with Crippen LogP contribution in [-0.2, 0) is 9.59 Å². The Bertz CT molecular complexity index is 488. The summed E-state index contributed by atoms with van der Waals surface area (Å²) in [5.41, 5.74) is 0.386. The number of anilines is 1. The maximum atomic E-state index is 13.0. The minimum absolute atomic E-state index is 0.0684. The molecule has 90 valence electrons. The van der Waals surface area contributed by atoms with E-state index in [4.69, 9.17) is 9.84 Å². The molecule has 1 unspecified atom stereocenters. The highest BCUT2D eigenvalue weighted by molar-refractivity contribution is 5.95. The summed E-state index contributed by atoms with van der Waals surface area (Å²) in [5.74, 6) is -1.98. The second kappa shape index (κ2) is 4.04. The van der Waals surface area contributed by atoms with Gasteiger partial charge in [0.2, 0.25) is 12.0 Å². The first-order valence-corrected chi connectivity index (χ1v) is 4.96. The predicted molar refractivity (Wildman–Crippen MR) is 56.5 cm³/mol. The Balaban J connectivity index is 2.45. The molecule has 0 radical (unpaired) electrons. The Labute approximate surface area is 96.4 Å². The first-order valence-electron chi connectivity index (χ1n) is 4.96. The van der Waals surface area contributed by atoms with Crippen molar-refractivity contribution in [3.05, 3.63) is 24.0 Å². The topological polar surface area (TPSA) is 66.8 Å². The molecule has 17 heavy (non-hydrogen) atoms. The van der Waals surface area contributed by atoms with Crippen LogP contribution in [0.15, 0.2) is 18.2 Å². The highest BCUT2D eigenvalue weighted by Gasteiger charge is 2.32. The molecular formula is C11H10FNO4. The number of aliphatic carboxylic acids is 1. The number of amides is 1. The van der Waals surface area contributed by atoms with Crippen molar-refractivity contribution in [3.63, 3.8) is 0 Å². The Hall–Kier alpha value is -2.11. The van der Waals surface area contributed by atoms with Crippen LogP contribution in [0, 0.1) is 5.82 Å². The third-order valence-corrected chi connectivity index (χ3v) is 2.49. The maximum Gasteiger partial charge on any atom is 0.346 e. The zero-order valence-corrected chi connectivity index (χ0v) is 9.01. The molecule has 0 aromatic heterocycles. The number of hydrogen-bond acceptors (Lipinski definition) is 3. The number of rotatable bonds is 1. The van der Waals surface area contributed by atoms with Gasteiger partial charge in [-0.05, 0) is 12.1 Å². The van der Waals surface area contributed by atoms with E-state index in [1.54, 1.807) is 0 Å². The fourth-order valence-electron chi connectivity index (χ4n) is 1.69. The minimum atomic E-state index is -1.19. The van der Waals surface area contributed by atoms with Crippen molar-refractivity contribution in [1.29, 1.82) is 0 Å². The molecule has 1 aromatic carbocycles. The van der Waals surface area contributed by atoms with Crippen LogP contribution < -0.4 is 9.64 Å². The molecule has 0 fully saturated rings. The van der Waals surface area contributed by atoms with Crippen molar-refractivity contribution in [3.8, 4) is 5.75 Å². The molecule has 1 aliphatic heterocycles. The lowest BCUT2D eigenvalue weighted by atomic mass is 10.2. The Kier molecular flexibility index (Phi) is 2.71. The van der Waals surface area contributed by atoms with Crippen molar-refractivity contribution in [2.24, 2.45) is 0 Å². The zero-order valence-electron chi connectivity index (χ0n) is 9.01. The summed E-state index contributed by atoms with van der Waals surface area (Å²) in [6.45, 7) is 1.24. The number of carboxylic acids is 1. The minimum Gasteiger partial charge on any atom is -0.478 e. The SMILES string of the molecule is CC(=O)N1CC(C(=O)O)Oc2cc(F)ccc21. The van der Waals surface area contributed by atoms with Crippen molar-refractivity contribution in [2.75, 3.05) is 11.4 Å². The lowest BCUT2D eigenvalue weighted by Crippen LogP contribution is -2.46. The lowest BCUT2D eigenvalue weighted by Gasteiger charge is -2.32. The van der Waals surface area contributed by atoms with E-state index < -0.39 is 17.9 Å². The second-order valence-electron chi connectivity index (χ2n) is 3.69. The smallest absolute Gasteiger partial charge is 0.346 e. The molecule has 2 rings (SSSR count). The summed E-state index contributed by atoms with van der Waals surface area (Å²) in [4.78, 5) is 23.5. The number of nitrogens with zero attached hydrogens (tertiary/aromatic N) is 1. The molecule has 0 spiro atoms. The van der Waals surface area contributed by atoms with Gasteiger partial charge in [-0.3, -0.25) is 4.79 Å². The van der Waals surface area contributed by atoms with Crippen LogP contribution in [0.3, 0.4) is 0 Å². The fraction of sp³-hybridized carbons (Fsp3) is 0.273. The first kappa shape index (κ1) is 11.4. The zero-order chi connectivity index (χ0) is 12.6. The molecule has 1 aromatic rings. The fourth-order valence-corrected chi connectivity index (χ4v) is 1.69. The number of hydrogen-bond donors (Lipinski definition) is 1. The van der Waals surface area contributed by atoms with E-state index in [9.17, 15) is 14.0 Å². The highest BCUT2D eigenvalue weighted by atomic mass is 19.1. The molecule has 0 saturated carbocycles. The van der Waals surface area contributed by atoms with Crippen molar-refractivity contribution >= 4 is 17.6 Å². The van der Waals surface area contributed by atoms with E-state index in [1.807, 2.05) is 0 Å². The van der Waals surface area contributed by atoms with Crippen molar-refractivity contribution in [2.45, 2.75) is 13.0 Å². The van der Waals surface area contributed by atoms with Crippen LogP contribution in [0.4, 0.5) is 10.1 Å². The van der Waals surface area contributed by atoms with Gasteiger partial charge in [0.05, 0.1) is 12.2 Å². The number of carboxylic acid groups (broad SMARTS) is 1. The molecule has 1 amide bonds. The molecule has 0 bridgehead atoms. The summed E-state index contributed by atoms with van der Waals surface area (Å²) in [5, 5.41) is 8.88. The van der Waals surface area contributed by atoms with Gasteiger partial charge in [-0.1, -0.05) is 0 Å². The molecule has 1 N–H and O–H groups in total. The van der Waals surface area contributed by atoms with Gasteiger partial charge in [-0.2, -0.15) is 0 Å². The van der Waals surface area contributed by atoms with E-state index in [2.05, 4.69) is 0 Å². The maximum absolute atomic E-state index is 13.0. The molecular weight excluding hydrogens is 229 g/mol. The third-order valence-electron chi connectivity index (χ3n) is 2.49. The predicted octanol–water partition coefficient (Wildman–Crippen LogP) is 1.02. The van der Waals surface area contributed by atoms with Crippen LogP contribution in [0.1, 0.15) is 6.92 Å². The molecule has 0 saturated heterocycles. The molecule has 1 atom stereocenters. The average molecular weight is 239 g/mol. The van der Waals surface area contributed by atoms with Crippen molar-refractivity contribution < 1.29 is 23.8 Å². The van der Waals surface area contributed by atoms with Crippen molar-refractivity contribution in [1.82, 2.24) is 0 Å². The van der Waals surface area contributed by atoms with Gasteiger partial charge < -0.3 is 14.7 Å². The third kappa shape index (κ3) is 2.06. The van der Waals surface area contributed by atoms with Gasteiger partial charge in [0.15, 0.2) is 0 Å². The van der Waals surface area contributed by atoms with Gasteiger partial charge >= 0.3 is 5.97 Å². The van der Waals surface area contributed by atoms with E-state index in [1.165, 1.54) is 24.0 Å². The molecule has 0 aliphatic carbocycles. The van der Waals surface area contributed by atoms with Crippen LogP contribution in [0.5, 0.6) is 5.75 Å². The summed E-state index contributed by atoms with van der Waals surface area (Å²) >= 11 is 0. The monoisotopic (exact) mass is 239 g/mol. The summed E-state index contributed by atoms with van der Waals surface area (Å²) in [6, 6.07) is 3.66.